The predicted molar refractivity (Wildman–Crippen MR) is 109 cm³/mol. The lowest BCUT2D eigenvalue weighted by Gasteiger charge is -2.26. The second kappa shape index (κ2) is 9.03. The summed E-state index contributed by atoms with van der Waals surface area (Å²) in [6.45, 7) is 2.86. The molecule has 0 unspecified atom stereocenters. The number of sulfonamides is 1. The molecule has 2 heterocycles. The molecule has 1 saturated heterocycles. The molecule has 2 aliphatic rings. The van der Waals surface area contributed by atoms with E-state index in [2.05, 4.69) is 5.32 Å². The highest BCUT2D eigenvalue weighted by Gasteiger charge is 2.26. The number of nitrogens with zero attached hydrogens (tertiary/aromatic N) is 1. The molecule has 8 nitrogen and oxygen atoms in total. The quantitative estimate of drug-likeness (QED) is 0.743. The zero-order valence-corrected chi connectivity index (χ0v) is 17.3. The van der Waals surface area contributed by atoms with Crippen molar-refractivity contribution in [1.82, 2.24) is 9.62 Å². The van der Waals surface area contributed by atoms with Crippen LogP contribution in [-0.2, 0) is 21.2 Å². The van der Waals surface area contributed by atoms with Crippen molar-refractivity contribution in [2.75, 3.05) is 46.1 Å². The normalized spacial score (nSPS) is 16.8. The molecule has 160 valence electrons. The van der Waals surface area contributed by atoms with Gasteiger partial charge in [-0.15, -0.1) is 0 Å². The average Bonchev–Trinajstić information content (AvgIpc) is 2.79. The van der Waals surface area contributed by atoms with E-state index in [1.54, 1.807) is 12.1 Å². The number of rotatable bonds is 6. The van der Waals surface area contributed by atoms with Gasteiger partial charge in [0, 0.05) is 25.2 Å². The number of morpholine rings is 1. The molecule has 1 fully saturated rings. The van der Waals surface area contributed by atoms with Crippen LogP contribution in [0.1, 0.15) is 15.9 Å². The molecular formula is C21H24N2O6S. The second-order valence-corrected chi connectivity index (χ2v) is 8.97. The largest absolute Gasteiger partial charge is 0.486 e. The van der Waals surface area contributed by atoms with E-state index in [0.717, 1.165) is 11.3 Å². The Balaban J connectivity index is 1.37. The summed E-state index contributed by atoms with van der Waals surface area (Å²) in [4.78, 5) is 12.7. The summed E-state index contributed by atoms with van der Waals surface area (Å²) < 4.78 is 43.3. The van der Waals surface area contributed by atoms with Crippen LogP contribution in [0.25, 0.3) is 0 Å². The first kappa shape index (κ1) is 20.6. The van der Waals surface area contributed by atoms with Crippen LogP contribution < -0.4 is 14.8 Å². The summed E-state index contributed by atoms with van der Waals surface area (Å²) in [5.41, 5.74) is 1.33. The molecule has 0 aromatic heterocycles. The van der Waals surface area contributed by atoms with Crippen molar-refractivity contribution >= 4 is 15.9 Å². The van der Waals surface area contributed by atoms with Gasteiger partial charge in [0.15, 0.2) is 11.5 Å². The molecule has 2 aromatic rings. The highest BCUT2D eigenvalue weighted by atomic mass is 32.2. The Morgan fingerprint density at radius 2 is 1.73 bits per heavy atom. The zero-order chi connectivity index (χ0) is 21.0. The number of ether oxygens (including phenoxy) is 3. The monoisotopic (exact) mass is 432 g/mol. The Hall–Kier alpha value is -2.62. The van der Waals surface area contributed by atoms with Gasteiger partial charge in [0.25, 0.3) is 5.91 Å². The van der Waals surface area contributed by atoms with Gasteiger partial charge >= 0.3 is 0 Å². The number of fused-ring (bicyclic) bond motifs is 1. The van der Waals surface area contributed by atoms with E-state index in [0.29, 0.717) is 63.8 Å². The second-order valence-electron chi connectivity index (χ2n) is 7.03. The van der Waals surface area contributed by atoms with Gasteiger partial charge in [0.2, 0.25) is 10.0 Å². The molecule has 4 rings (SSSR count). The summed E-state index contributed by atoms with van der Waals surface area (Å²) in [5, 5.41) is 2.85. The number of amides is 1. The maximum Gasteiger partial charge on any atom is 0.251 e. The minimum Gasteiger partial charge on any atom is -0.486 e. The number of carbonyl (C=O) groups excluding carboxylic acids is 1. The summed E-state index contributed by atoms with van der Waals surface area (Å²) in [5.74, 6) is 1.13. The molecule has 0 radical (unpaired) electrons. The van der Waals surface area contributed by atoms with Gasteiger partial charge in [-0.05, 0) is 42.3 Å². The van der Waals surface area contributed by atoms with Gasteiger partial charge in [-0.1, -0.05) is 12.1 Å². The van der Waals surface area contributed by atoms with Gasteiger partial charge in [-0.3, -0.25) is 4.79 Å². The summed E-state index contributed by atoms with van der Waals surface area (Å²) in [6.07, 6.45) is 0.619. The van der Waals surface area contributed by atoms with Crippen LogP contribution in [0, 0.1) is 0 Å². The van der Waals surface area contributed by atoms with Gasteiger partial charge < -0.3 is 19.5 Å². The van der Waals surface area contributed by atoms with E-state index < -0.39 is 10.0 Å². The Morgan fingerprint density at radius 1 is 0.967 bits per heavy atom. The molecule has 1 N–H and O–H groups in total. The summed E-state index contributed by atoms with van der Waals surface area (Å²) in [7, 11) is -3.64. The van der Waals surface area contributed by atoms with E-state index >= 15 is 0 Å². The molecule has 0 spiro atoms. The fourth-order valence-corrected chi connectivity index (χ4v) is 4.85. The van der Waals surface area contributed by atoms with Crippen LogP contribution in [0.15, 0.2) is 47.4 Å². The van der Waals surface area contributed by atoms with Gasteiger partial charge in [0.1, 0.15) is 13.2 Å². The van der Waals surface area contributed by atoms with E-state index in [-0.39, 0.29) is 10.8 Å². The number of nitrogens with one attached hydrogen (secondary N) is 1. The summed E-state index contributed by atoms with van der Waals surface area (Å²) in [6, 6.07) is 11.8. The molecule has 2 aromatic carbocycles. The molecular weight excluding hydrogens is 408 g/mol. The number of hydrogen-bond acceptors (Lipinski definition) is 6. The highest BCUT2D eigenvalue weighted by Crippen LogP contribution is 2.30. The molecule has 30 heavy (non-hydrogen) atoms. The Kier molecular flexibility index (Phi) is 6.21. The maximum absolute atomic E-state index is 12.8. The van der Waals surface area contributed by atoms with E-state index in [4.69, 9.17) is 14.2 Å². The van der Waals surface area contributed by atoms with Crippen molar-refractivity contribution in [3.05, 3.63) is 53.6 Å². The number of carbonyl (C=O) groups is 1. The fourth-order valence-electron chi connectivity index (χ4n) is 3.40. The third kappa shape index (κ3) is 4.58. The first-order valence-electron chi connectivity index (χ1n) is 9.89. The summed E-state index contributed by atoms with van der Waals surface area (Å²) >= 11 is 0. The van der Waals surface area contributed by atoms with Crippen molar-refractivity contribution in [2.24, 2.45) is 0 Å². The van der Waals surface area contributed by atoms with Crippen molar-refractivity contribution in [1.29, 1.82) is 0 Å². The topological polar surface area (TPSA) is 94.2 Å². The average molecular weight is 432 g/mol. The minimum absolute atomic E-state index is 0.115. The van der Waals surface area contributed by atoms with Crippen molar-refractivity contribution in [2.45, 2.75) is 11.3 Å². The van der Waals surface area contributed by atoms with Crippen LogP contribution in [0.3, 0.4) is 0 Å². The number of hydrogen-bond donors (Lipinski definition) is 1. The van der Waals surface area contributed by atoms with Crippen LogP contribution in [0.2, 0.25) is 0 Å². The fraction of sp³-hybridized carbons (Fsp3) is 0.381. The van der Waals surface area contributed by atoms with Crippen LogP contribution in [0.4, 0.5) is 0 Å². The Labute approximate surface area is 175 Å². The first-order valence-corrected chi connectivity index (χ1v) is 11.3. The van der Waals surface area contributed by atoms with E-state index in [1.807, 2.05) is 18.2 Å². The Bertz CT molecular complexity index is 1020. The molecule has 2 aliphatic heterocycles. The SMILES string of the molecule is O=C(NCCc1ccc2c(c1)OCCO2)c1cccc(S(=O)(=O)N2CCOCC2)c1. The third-order valence-corrected chi connectivity index (χ3v) is 6.90. The lowest BCUT2D eigenvalue weighted by atomic mass is 10.1. The smallest absolute Gasteiger partial charge is 0.251 e. The maximum atomic E-state index is 12.8. The van der Waals surface area contributed by atoms with Crippen molar-refractivity contribution in [3.8, 4) is 11.5 Å². The molecule has 0 aliphatic carbocycles. The van der Waals surface area contributed by atoms with Crippen molar-refractivity contribution < 1.29 is 27.4 Å². The number of benzene rings is 2. The third-order valence-electron chi connectivity index (χ3n) is 5.01. The zero-order valence-electron chi connectivity index (χ0n) is 16.5. The Morgan fingerprint density at radius 3 is 2.53 bits per heavy atom. The predicted octanol–water partition coefficient (Wildman–Crippen LogP) is 1.45. The van der Waals surface area contributed by atoms with Crippen LogP contribution >= 0.6 is 0 Å². The highest BCUT2D eigenvalue weighted by molar-refractivity contribution is 7.89. The molecule has 0 atom stereocenters. The standard InChI is InChI=1S/C21H24N2O6S/c24-21(22-7-6-16-4-5-19-20(14-16)29-13-12-28-19)17-2-1-3-18(15-17)30(25,26)23-8-10-27-11-9-23/h1-5,14-15H,6-13H2,(H,22,24). The van der Waals surface area contributed by atoms with Gasteiger partial charge in [-0.2, -0.15) is 4.31 Å². The van der Waals surface area contributed by atoms with Crippen LogP contribution in [0.5, 0.6) is 11.5 Å². The molecule has 9 heteroatoms. The molecule has 1 amide bonds. The lowest BCUT2D eigenvalue weighted by molar-refractivity contribution is 0.0730. The van der Waals surface area contributed by atoms with Gasteiger partial charge in [-0.25, -0.2) is 8.42 Å². The lowest BCUT2D eigenvalue weighted by Crippen LogP contribution is -2.40. The van der Waals surface area contributed by atoms with E-state index in [9.17, 15) is 13.2 Å². The van der Waals surface area contributed by atoms with E-state index in [1.165, 1.54) is 16.4 Å². The first-order chi connectivity index (χ1) is 14.5. The molecule has 0 saturated carbocycles. The minimum atomic E-state index is -3.64. The molecule has 0 bridgehead atoms. The van der Waals surface area contributed by atoms with Gasteiger partial charge in [0.05, 0.1) is 18.1 Å². The van der Waals surface area contributed by atoms with Crippen molar-refractivity contribution in [3.63, 3.8) is 0 Å². The van der Waals surface area contributed by atoms with Crippen LogP contribution in [-0.4, -0.2) is 64.7 Å².